The quantitative estimate of drug-likeness (QED) is 0.788. The SMILES string of the molecule is CCOC(=O)N1CCC[C@H](C(=O)NC[C@@H](CO)Cc2ccccc2)C1. The second-order valence-corrected chi connectivity index (χ2v) is 6.47. The van der Waals surface area contributed by atoms with Gasteiger partial charge in [0.2, 0.25) is 5.91 Å². The minimum atomic E-state index is -0.350. The lowest BCUT2D eigenvalue weighted by atomic mass is 9.96. The number of hydrogen-bond acceptors (Lipinski definition) is 4. The van der Waals surface area contributed by atoms with Crippen molar-refractivity contribution in [1.29, 1.82) is 0 Å². The van der Waals surface area contributed by atoms with Gasteiger partial charge in [0.1, 0.15) is 0 Å². The minimum absolute atomic E-state index is 0.0175. The molecule has 1 aliphatic heterocycles. The molecule has 1 heterocycles. The maximum Gasteiger partial charge on any atom is 0.409 e. The van der Waals surface area contributed by atoms with Crippen LogP contribution in [0.2, 0.25) is 0 Å². The van der Waals surface area contributed by atoms with Crippen LogP contribution in [-0.4, -0.2) is 54.9 Å². The fraction of sp³-hybridized carbons (Fsp3) is 0.579. The molecular formula is C19H28N2O4. The zero-order chi connectivity index (χ0) is 18.1. The van der Waals surface area contributed by atoms with E-state index in [9.17, 15) is 14.7 Å². The van der Waals surface area contributed by atoms with Gasteiger partial charge in [-0.15, -0.1) is 0 Å². The van der Waals surface area contributed by atoms with E-state index >= 15 is 0 Å². The average Bonchev–Trinajstić information content (AvgIpc) is 2.66. The van der Waals surface area contributed by atoms with E-state index in [0.29, 0.717) is 26.2 Å². The zero-order valence-corrected chi connectivity index (χ0v) is 14.8. The average molecular weight is 348 g/mol. The van der Waals surface area contributed by atoms with Gasteiger partial charge in [0.25, 0.3) is 0 Å². The molecule has 25 heavy (non-hydrogen) atoms. The first-order chi connectivity index (χ1) is 12.1. The van der Waals surface area contributed by atoms with Crippen LogP contribution in [0.4, 0.5) is 4.79 Å². The Hall–Kier alpha value is -2.08. The van der Waals surface area contributed by atoms with Crippen LogP contribution in [0, 0.1) is 11.8 Å². The monoisotopic (exact) mass is 348 g/mol. The molecule has 138 valence electrons. The summed E-state index contributed by atoms with van der Waals surface area (Å²) in [5.41, 5.74) is 1.14. The van der Waals surface area contributed by atoms with E-state index < -0.39 is 0 Å². The fourth-order valence-electron chi connectivity index (χ4n) is 3.11. The number of benzene rings is 1. The van der Waals surface area contributed by atoms with Crippen molar-refractivity contribution in [3.63, 3.8) is 0 Å². The van der Waals surface area contributed by atoms with Gasteiger partial charge in [-0.1, -0.05) is 30.3 Å². The predicted molar refractivity (Wildman–Crippen MR) is 95.1 cm³/mol. The van der Waals surface area contributed by atoms with Crippen LogP contribution in [0.5, 0.6) is 0 Å². The standard InChI is InChI=1S/C19H28N2O4/c1-2-25-19(24)21-10-6-9-17(13-21)18(23)20-12-16(14-22)11-15-7-4-3-5-8-15/h3-5,7-8,16-17,22H,2,6,9-14H2,1H3,(H,20,23)/t16-,17-/m0/s1. The van der Waals surface area contributed by atoms with E-state index in [1.165, 1.54) is 0 Å². The van der Waals surface area contributed by atoms with Crippen LogP contribution in [-0.2, 0) is 16.0 Å². The van der Waals surface area contributed by atoms with E-state index in [-0.39, 0.29) is 30.4 Å². The summed E-state index contributed by atoms with van der Waals surface area (Å²) in [6.07, 6.45) is 1.93. The van der Waals surface area contributed by atoms with Crippen molar-refractivity contribution in [2.75, 3.05) is 32.8 Å². The first kappa shape index (κ1) is 19.2. The van der Waals surface area contributed by atoms with Crippen LogP contribution in [0.1, 0.15) is 25.3 Å². The van der Waals surface area contributed by atoms with E-state index in [1.54, 1.807) is 11.8 Å². The van der Waals surface area contributed by atoms with E-state index in [0.717, 1.165) is 24.8 Å². The van der Waals surface area contributed by atoms with E-state index in [1.807, 2.05) is 30.3 Å². The van der Waals surface area contributed by atoms with Crippen LogP contribution in [0.3, 0.4) is 0 Å². The third kappa shape index (κ3) is 6.05. The Bertz CT molecular complexity index is 550. The molecule has 2 atom stereocenters. The summed E-state index contributed by atoms with van der Waals surface area (Å²) in [5, 5.41) is 12.5. The summed E-state index contributed by atoms with van der Waals surface area (Å²) in [7, 11) is 0. The molecule has 0 spiro atoms. The summed E-state index contributed by atoms with van der Waals surface area (Å²) in [6.45, 7) is 3.59. The van der Waals surface area contributed by atoms with Gasteiger partial charge in [-0.2, -0.15) is 0 Å². The van der Waals surface area contributed by atoms with Gasteiger partial charge in [0, 0.05) is 32.2 Å². The van der Waals surface area contributed by atoms with Gasteiger partial charge >= 0.3 is 6.09 Å². The molecule has 2 N–H and O–H groups in total. The number of aliphatic hydroxyl groups excluding tert-OH is 1. The second-order valence-electron chi connectivity index (χ2n) is 6.47. The normalized spacial score (nSPS) is 18.5. The molecule has 0 bridgehead atoms. The molecule has 1 aliphatic rings. The number of likely N-dealkylation sites (tertiary alicyclic amines) is 1. The zero-order valence-electron chi connectivity index (χ0n) is 14.8. The van der Waals surface area contributed by atoms with Crippen LogP contribution >= 0.6 is 0 Å². The number of rotatable bonds is 7. The Morgan fingerprint density at radius 3 is 2.80 bits per heavy atom. The van der Waals surface area contributed by atoms with Crippen molar-refractivity contribution >= 4 is 12.0 Å². The first-order valence-corrected chi connectivity index (χ1v) is 8.98. The molecule has 0 radical (unpaired) electrons. The Labute approximate surface area is 149 Å². The number of carbonyl (C=O) groups excluding carboxylic acids is 2. The van der Waals surface area contributed by atoms with Gasteiger partial charge in [-0.05, 0) is 31.7 Å². The summed E-state index contributed by atoms with van der Waals surface area (Å²) >= 11 is 0. The topological polar surface area (TPSA) is 78.9 Å². The number of amides is 2. The van der Waals surface area contributed by atoms with Crippen molar-refractivity contribution in [2.24, 2.45) is 11.8 Å². The molecule has 6 heteroatoms. The fourth-order valence-corrected chi connectivity index (χ4v) is 3.11. The van der Waals surface area contributed by atoms with Crippen molar-refractivity contribution in [3.8, 4) is 0 Å². The van der Waals surface area contributed by atoms with Gasteiger partial charge in [-0.3, -0.25) is 4.79 Å². The van der Waals surface area contributed by atoms with Crippen LogP contribution in [0.15, 0.2) is 30.3 Å². The van der Waals surface area contributed by atoms with Gasteiger partial charge in [0.05, 0.1) is 12.5 Å². The van der Waals surface area contributed by atoms with Gasteiger partial charge < -0.3 is 20.1 Å². The molecule has 0 aliphatic carbocycles. The summed E-state index contributed by atoms with van der Waals surface area (Å²) in [5.74, 6) is -0.286. The van der Waals surface area contributed by atoms with Crippen molar-refractivity contribution < 1.29 is 19.4 Å². The highest BCUT2D eigenvalue weighted by Crippen LogP contribution is 2.18. The molecule has 1 saturated heterocycles. The van der Waals surface area contributed by atoms with Gasteiger partial charge in [-0.25, -0.2) is 4.79 Å². The molecule has 1 fully saturated rings. The van der Waals surface area contributed by atoms with Gasteiger partial charge in [0.15, 0.2) is 0 Å². The third-order valence-corrected chi connectivity index (χ3v) is 4.51. The summed E-state index contributed by atoms with van der Waals surface area (Å²) < 4.78 is 5.01. The molecule has 2 amide bonds. The smallest absolute Gasteiger partial charge is 0.409 e. The molecule has 2 rings (SSSR count). The number of aliphatic hydroxyl groups is 1. The third-order valence-electron chi connectivity index (χ3n) is 4.51. The lowest BCUT2D eigenvalue weighted by Gasteiger charge is -2.31. The highest BCUT2D eigenvalue weighted by atomic mass is 16.6. The van der Waals surface area contributed by atoms with Crippen LogP contribution < -0.4 is 5.32 Å². The summed E-state index contributed by atoms with van der Waals surface area (Å²) in [6, 6.07) is 9.92. The molecule has 0 aromatic heterocycles. The van der Waals surface area contributed by atoms with E-state index in [2.05, 4.69) is 5.32 Å². The molecule has 0 unspecified atom stereocenters. The second kappa shape index (κ2) is 10.0. The number of nitrogens with one attached hydrogen (secondary N) is 1. The van der Waals surface area contributed by atoms with Crippen molar-refractivity contribution in [1.82, 2.24) is 10.2 Å². The highest BCUT2D eigenvalue weighted by Gasteiger charge is 2.29. The number of carbonyl (C=O) groups is 2. The van der Waals surface area contributed by atoms with Crippen molar-refractivity contribution in [3.05, 3.63) is 35.9 Å². The van der Waals surface area contributed by atoms with Crippen molar-refractivity contribution in [2.45, 2.75) is 26.2 Å². The lowest BCUT2D eigenvalue weighted by Crippen LogP contribution is -2.46. The predicted octanol–water partition coefficient (Wildman–Crippen LogP) is 1.82. The van der Waals surface area contributed by atoms with Crippen LogP contribution in [0.25, 0.3) is 0 Å². The Kier molecular flexibility index (Phi) is 7.73. The Balaban J connectivity index is 1.80. The summed E-state index contributed by atoms with van der Waals surface area (Å²) in [4.78, 5) is 25.8. The molecule has 6 nitrogen and oxygen atoms in total. The molecule has 1 aromatic rings. The number of piperidine rings is 1. The number of ether oxygens (including phenoxy) is 1. The maximum atomic E-state index is 12.4. The Morgan fingerprint density at radius 1 is 1.36 bits per heavy atom. The number of hydrogen-bond donors (Lipinski definition) is 2. The van der Waals surface area contributed by atoms with E-state index in [4.69, 9.17) is 4.74 Å². The molecule has 1 aromatic carbocycles. The molecular weight excluding hydrogens is 320 g/mol. The lowest BCUT2D eigenvalue weighted by molar-refractivity contribution is -0.126. The number of nitrogens with zero attached hydrogens (tertiary/aromatic N) is 1. The maximum absolute atomic E-state index is 12.4. The highest BCUT2D eigenvalue weighted by molar-refractivity contribution is 5.80. The molecule has 0 saturated carbocycles. The minimum Gasteiger partial charge on any atom is -0.450 e. The first-order valence-electron chi connectivity index (χ1n) is 8.98. The largest absolute Gasteiger partial charge is 0.450 e. The Morgan fingerprint density at radius 2 is 2.12 bits per heavy atom.